The fraction of sp³-hybridized carbons (Fsp3) is 0.385. The number of nitro benzene ring substituents is 1. The summed E-state index contributed by atoms with van der Waals surface area (Å²) in [7, 11) is 0. The molecule has 1 heterocycles. The standard InChI is InChI=1S/C13H15N3O5/c17-9-3-4-11(16(20)21)10(7-9)13(19)14-8-12(18)15-5-1-2-6-15/h3-4,7,17H,1-2,5-6,8H2,(H,14,19). The van der Waals surface area contributed by atoms with Crippen LogP contribution in [0, 0.1) is 10.1 Å². The minimum Gasteiger partial charge on any atom is -0.508 e. The summed E-state index contributed by atoms with van der Waals surface area (Å²) in [4.78, 5) is 35.5. The lowest BCUT2D eigenvalue weighted by Crippen LogP contribution is -2.38. The molecule has 112 valence electrons. The number of hydrogen-bond donors (Lipinski definition) is 2. The molecule has 0 atom stereocenters. The number of nitro groups is 1. The highest BCUT2D eigenvalue weighted by Crippen LogP contribution is 2.23. The smallest absolute Gasteiger partial charge is 0.282 e. The summed E-state index contributed by atoms with van der Waals surface area (Å²) in [6, 6.07) is 3.19. The molecule has 2 amide bonds. The van der Waals surface area contributed by atoms with Crippen molar-refractivity contribution in [3.8, 4) is 5.75 Å². The van der Waals surface area contributed by atoms with Crippen LogP contribution in [0.5, 0.6) is 5.75 Å². The molecule has 1 aliphatic rings. The molecule has 21 heavy (non-hydrogen) atoms. The second kappa shape index (κ2) is 6.21. The summed E-state index contributed by atoms with van der Waals surface area (Å²) >= 11 is 0. The highest BCUT2D eigenvalue weighted by atomic mass is 16.6. The Hall–Kier alpha value is -2.64. The van der Waals surface area contributed by atoms with Gasteiger partial charge in [0, 0.05) is 19.2 Å². The molecule has 0 aromatic heterocycles. The number of aromatic hydroxyl groups is 1. The first-order valence-electron chi connectivity index (χ1n) is 6.52. The van der Waals surface area contributed by atoms with Crippen molar-refractivity contribution >= 4 is 17.5 Å². The Bertz CT molecular complexity index is 581. The van der Waals surface area contributed by atoms with Gasteiger partial charge in [0.25, 0.3) is 11.6 Å². The number of carbonyl (C=O) groups excluding carboxylic acids is 2. The molecule has 8 nitrogen and oxygen atoms in total. The first kappa shape index (κ1) is 14.8. The zero-order valence-corrected chi connectivity index (χ0v) is 11.2. The molecule has 1 aromatic carbocycles. The zero-order valence-electron chi connectivity index (χ0n) is 11.2. The quantitative estimate of drug-likeness (QED) is 0.625. The van der Waals surface area contributed by atoms with Gasteiger partial charge in [-0.25, -0.2) is 0 Å². The van der Waals surface area contributed by atoms with Crippen LogP contribution < -0.4 is 5.32 Å². The maximum absolute atomic E-state index is 11.9. The third-order valence-electron chi connectivity index (χ3n) is 3.28. The van der Waals surface area contributed by atoms with Crippen molar-refractivity contribution in [3.63, 3.8) is 0 Å². The van der Waals surface area contributed by atoms with Crippen molar-refractivity contribution in [2.45, 2.75) is 12.8 Å². The van der Waals surface area contributed by atoms with Crippen LogP contribution in [0.25, 0.3) is 0 Å². The lowest BCUT2D eigenvalue weighted by Gasteiger charge is -2.15. The minimum atomic E-state index is -0.759. The van der Waals surface area contributed by atoms with E-state index in [1.54, 1.807) is 4.90 Å². The van der Waals surface area contributed by atoms with Crippen LogP contribution in [0.4, 0.5) is 5.69 Å². The fourth-order valence-electron chi connectivity index (χ4n) is 2.19. The number of nitrogens with zero attached hydrogens (tertiary/aromatic N) is 2. The van der Waals surface area contributed by atoms with Gasteiger partial charge >= 0.3 is 0 Å². The van der Waals surface area contributed by atoms with E-state index in [0.29, 0.717) is 13.1 Å². The third kappa shape index (κ3) is 3.47. The van der Waals surface area contributed by atoms with Gasteiger partial charge in [0.15, 0.2) is 0 Å². The van der Waals surface area contributed by atoms with E-state index in [-0.39, 0.29) is 23.8 Å². The molecule has 0 bridgehead atoms. The number of carbonyl (C=O) groups is 2. The van der Waals surface area contributed by atoms with Crippen molar-refractivity contribution in [1.82, 2.24) is 10.2 Å². The number of rotatable bonds is 4. The monoisotopic (exact) mass is 293 g/mol. The molecular weight excluding hydrogens is 278 g/mol. The van der Waals surface area contributed by atoms with Gasteiger partial charge in [0.1, 0.15) is 11.3 Å². The Morgan fingerprint density at radius 1 is 1.33 bits per heavy atom. The van der Waals surface area contributed by atoms with Gasteiger partial charge in [0.2, 0.25) is 5.91 Å². The average molecular weight is 293 g/mol. The van der Waals surface area contributed by atoms with E-state index in [4.69, 9.17) is 0 Å². The third-order valence-corrected chi connectivity index (χ3v) is 3.28. The predicted octanol–water partition coefficient (Wildman–Crippen LogP) is 0.653. The van der Waals surface area contributed by atoms with Gasteiger partial charge in [-0.3, -0.25) is 19.7 Å². The minimum absolute atomic E-state index is 0.217. The Labute approximate surface area is 120 Å². The predicted molar refractivity (Wildman–Crippen MR) is 72.9 cm³/mol. The summed E-state index contributed by atoms with van der Waals surface area (Å²) < 4.78 is 0. The molecule has 0 radical (unpaired) electrons. The Kier molecular flexibility index (Phi) is 4.36. The van der Waals surface area contributed by atoms with E-state index in [2.05, 4.69) is 5.32 Å². The van der Waals surface area contributed by atoms with E-state index in [0.717, 1.165) is 31.0 Å². The molecule has 1 fully saturated rings. The molecule has 1 aliphatic heterocycles. The molecule has 1 aromatic rings. The molecule has 1 saturated heterocycles. The van der Waals surface area contributed by atoms with E-state index in [1.165, 1.54) is 0 Å². The number of phenols is 1. The normalized spacial score (nSPS) is 14.0. The van der Waals surface area contributed by atoms with Crippen LogP contribution in [-0.2, 0) is 4.79 Å². The van der Waals surface area contributed by atoms with Gasteiger partial charge in [-0.2, -0.15) is 0 Å². The first-order chi connectivity index (χ1) is 9.99. The van der Waals surface area contributed by atoms with Crippen LogP contribution in [-0.4, -0.2) is 46.4 Å². The number of hydrogen-bond acceptors (Lipinski definition) is 5. The van der Waals surface area contributed by atoms with Gasteiger partial charge in [-0.15, -0.1) is 0 Å². The molecular formula is C13H15N3O5. The lowest BCUT2D eigenvalue weighted by molar-refractivity contribution is -0.385. The highest BCUT2D eigenvalue weighted by molar-refractivity contribution is 6.00. The Balaban J connectivity index is 2.04. The van der Waals surface area contributed by atoms with E-state index >= 15 is 0 Å². The summed E-state index contributed by atoms with van der Waals surface area (Å²) in [5.74, 6) is -1.23. The maximum atomic E-state index is 11.9. The van der Waals surface area contributed by atoms with Gasteiger partial charge < -0.3 is 15.3 Å². The van der Waals surface area contributed by atoms with Crippen LogP contribution in [0.1, 0.15) is 23.2 Å². The first-order valence-corrected chi connectivity index (χ1v) is 6.52. The molecule has 2 rings (SSSR count). The second-order valence-corrected chi connectivity index (χ2v) is 4.73. The molecule has 0 spiro atoms. The maximum Gasteiger partial charge on any atom is 0.282 e. The Morgan fingerprint density at radius 2 is 2.00 bits per heavy atom. The summed E-state index contributed by atoms with van der Waals surface area (Å²) in [5, 5.41) is 22.5. The topological polar surface area (TPSA) is 113 Å². The van der Waals surface area contributed by atoms with Crippen molar-refractivity contribution in [1.29, 1.82) is 0 Å². The summed E-state index contributed by atoms with van der Waals surface area (Å²) in [5.41, 5.74) is -0.687. The van der Waals surface area contributed by atoms with E-state index in [1.807, 2.05) is 0 Å². The Morgan fingerprint density at radius 3 is 2.62 bits per heavy atom. The zero-order chi connectivity index (χ0) is 15.4. The molecule has 0 aliphatic carbocycles. The summed E-state index contributed by atoms with van der Waals surface area (Å²) in [6.45, 7) is 1.12. The number of benzene rings is 1. The molecule has 8 heteroatoms. The number of phenolic OH excluding ortho intramolecular Hbond substituents is 1. The van der Waals surface area contributed by atoms with Crippen LogP contribution in [0.15, 0.2) is 18.2 Å². The average Bonchev–Trinajstić information content (AvgIpc) is 2.98. The number of likely N-dealkylation sites (tertiary alicyclic amines) is 1. The van der Waals surface area contributed by atoms with Crippen LogP contribution >= 0.6 is 0 Å². The van der Waals surface area contributed by atoms with Crippen molar-refractivity contribution in [2.24, 2.45) is 0 Å². The van der Waals surface area contributed by atoms with Crippen LogP contribution in [0.3, 0.4) is 0 Å². The molecule has 0 unspecified atom stereocenters. The van der Waals surface area contributed by atoms with Crippen LogP contribution in [0.2, 0.25) is 0 Å². The second-order valence-electron chi connectivity index (χ2n) is 4.73. The van der Waals surface area contributed by atoms with E-state index in [9.17, 15) is 24.8 Å². The number of amides is 2. The van der Waals surface area contributed by atoms with Crippen molar-refractivity contribution < 1.29 is 19.6 Å². The molecule has 2 N–H and O–H groups in total. The number of nitrogens with one attached hydrogen (secondary N) is 1. The van der Waals surface area contributed by atoms with Gasteiger partial charge in [-0.05, 0) is 25.0 Å². The largest absolute Gasteiger partial charge is 0.508 e. The molecule has 0 saturated carbocycles. The van der Waals surface area contributed by atoms with E-state index < -0.39 is 16.5 Å². The summed E-state index contributed by atoms with van der Waals surface area (Å²) in [6.07, 6.45) is 1.88. The van der Waals surface area contributed by atoms with Crippen molar-refractivity contribution in [2.75, 3.05) is 19.6 Å². The van der Waals surface area contributed by atoms with Crippen molar-refractivity contribution in [3.05, 3.63) is 33.9 Å². The van der Waals surface area contributed by atoms with Gasteiger partial charge in [0.05, 0.1) is 11.5 Å². The lowest BCUT2D eigenvalue weighted by atomic mass is 10.1. The SMILES string of the molecule is O=C(NCC(=O)N1CCCC1)c1cc(O)ccc1[N+](=O)[O-]. The van der Waals surface area contributed by atoms with Gasteiger partial charge in [-0.1, -0.05) is 0 Å². The highest BCUT2D eigenvalue weighted by Gasteiger charge is 2.23. The fourth-order valence-corrected chi connectivity index (χ4v) is 2.19.